The first-order chi connectivity index (χ1) is 10.5. The number of hydrogen-bond acceptors (Lipinski definition) is 6. The van der Waals surface area contributed by atoms with Crippen molar-refractivity contribution in [2.75, 3.05) is 12.4 Å². The van der Waals surface area contributed by atoms with Gasteiger partial charge in [-0.3, -0.25) is 15.1 Å². The molecule has 0 aliphatic carbocycles. The minimum Gasteiger partial charge on any atom is -0.481 e. The van der Waals surface area contributed by atoms with Gasteiger partial charge in [0.2, 0.25) is 17.8 Å². The second kappa shape index (κ2) is 5.44. The monoisotopic (exact) mass is 297 g/mol. The number of anilines is 2. The summed E-state index contributed by atoms with van der Waals surface area (Å²) in [5, 5.41) is 3.45. The van der Waals surface area contributed by atoms with Crippen LogP contribution in [0.2, 0.25) is 0 Å². The number of methoxy groups -OCH3 is 1. The van der Waals surface area contributed by atoms with Crippen molar-refractivity contribution in [3.8, 4) is 5.88 Å². The van der Waals surface area contributed by atoms with Crippen molar-refractivity contribution in [2.45, 2.75) is 13.8 Å². The molecule has 1 aromatic carbocycles. The van der Waals surface area contributed by atoms with Crippen LogP contribution in [0.3, 0.4) is 0 Å². The SMILES string of the molecule is COc1cc(C)nc(Nc2nc3ccc(C)cc3c(=O)[nH]2)n1. The van der Waals surface area contributed by atoms with Crippen molar-refractivity contribution in [2.24, 2.45) is 0 Å². The lowest BCUT2D eigenvalue weighted by molar-refractivity contribution is 0.397. The van der Waals surface area contributed by atoms with E-state index in [1.54, 1.807) is 12.1 Å². The molecule has 3 rings (SSSR count). The molecule has 0 aliphatic rings. The van der Waals surface area contributed by atoms with Gasteiger partial charge >= 0.3 is 0 Å². The number of benzene rings is 1. The summed E-state index contributed by atoms with van der Waals surface area (Å²) in [4.78, 5) is 27.6. The van der Waals surface area contributed by atoms with Crippen molar-refractivity contribution in [1.82, 2.24) is 19.9 Å². The number of aromatic amines is 1. The third-order valence-electron chi connectivity index (χ3n) is 3.13. The predicted molar refractivity (Wildman–Crippen MR) is 83.7 cm³/mol. The van der Waals surface area contributed by atoms with Crippen LogP contribution in [0.5, 0.6) is 5.88 Å². The second-order valence-electron chi connectivity index (χ2n) is 4.94. The van der Waals surface area contributed by atoms with Crippen LogP contribution in [-0.4, -0.2) is 27.0 Å². The molecule has 2 heterocycles. The quantitative estimate of drug-likeness (QED) is 0.769. The summed E-state index contributed by atoms with van der Waals surface area (Å²) in [5.41, 5.74) is 2.15. The Hall–Kier alpha value is -2.96. The van der Waals surface area contributed by atoms with Crippen molar-refractivity contribution in [3.63, 3.8) is 0 Å². The van der Waals surface area contributed by atoms with Crippen LogP contribution >= 0.6 is 0 Å². The van der Waals surface area contributed by atoms with Crippen LogP contribution in [0, 0.1) is 13.8 Å². The standard InChI is InChI=1S/C15H15N5O2/c1-8-4-5-11-10(6-8)13(21)19-15(17-11)20-14-16-9(2)7-12(18-14)22-3/h4-7H,1-3H3,(H2,16,17,18,19,20,21). The van der Waals surface area contributed by atoms with E-state index in [0.717, 1.165) is 11.3 Å². The maximum absolute atomic E-state index is 12.1. The Labute approximate surface area is 126 Å². The lowest BCUT2D eigenvalue weighted by Crippen LogP contribution is -2.12. The molecule has 0 amide bonds. The summed E-state index contributed by atoms with van der Waals surface area (Å²) in [6, 6.07) is 7.23. The zero-order valence-electron chi connectivity index (χ0n) is 12.5. The minimum absolute atomic E-state index is 0.212. The van der Waals surface area contributed by atoms with Gasteiger partial charge in [-0.2, -0.15) is 4.98 Å². The van der Waals surface area contributed by atoms with Gasteiger partial charge in [0, 0.05) is 11.8 Å². The average Bonchev–Trinajstić information content (AvgIpc) is 2.47. The molecule has 0 fully saturated rings. The summed E-state index contributed by atoms with van der Waals surface area (Å²) >= 11 is 0. The Bertz CT molecular complexity index is 904. The lowest BCUT2D eigenvalue weighted by Gasteiger charge is -2.07. The summed E-state index contributed by atoms with van der Waals surface area (Å²) in [6.07, 6.45) is 0. The maximum Gasteiger partial charge on any atom is 0.260 e. The number of H-pyrrole nitrogens is 1. The molecule has 0 atom stereocenters. The highest BCUT2D eigenvalue weighted by molar-refractivity contribution is 5.79. The van der Waals surface area contributed by atoms with Crippen LogP contribution in [0.25, 0.3) is 10.9 Å². The van der Waals surface area contributed by atoms with E-state index < -0.39 is 0 Å². The normalized spacial score (nSPS) is 10.7. The maximum atomic E-state index is 12.1. The highest BCUT2D eigenvalue weighted by Crippen LogP contribution is 2.15. The largest absolute Gasteiger partial charge is 0.481 e. The van der Waals surface area contributed by atoms with Gasteiger partial charge in [-0.1, -0.05) is 11.6 Å². The molecule has 0 bridgehead atoms. The molecule has 0 spiro atoms. The Balaban J connectivity index is 2.02. The number of fused-ring (bicyclic) bond motifs is 1. The number of aryl methyl sites for hydroxylation is 2. The Morgan fingerprint density at radius 3 is 2.73 bits per heavy atom. The van der Waals surface area contributed by atoms with E-state index in [1.165, 1.54) is 7.11 Å². The molecule has 0 aliphatic heterocycles. The number of nitrogens with zero attached hydrogens (tertiary/aromatic N) is 3. The van der Waals surface area contributed by atoms with Crippen molar-refractivity contribution in [1.29, 1.82) is 0 Å². The summed E-state index contributed by atoms with van der Waals surface area (Å²) in [6.45, 7) is 3.76. The minimum atomic E-state index is -0.212. The predicted octanol–water partition coefficient (Wildman–Crippen LogP) is 2.08. The number of ether oxygens (including phenoxy) is 1. The lowest BCUT2D eigenvalue weighted by atomic mass is 10.2. The molecule has 0 saturated carbocycles. The molecule has 2 N–H and O–H groups in total. The summed E-state index contributed by atoms with van der Waals surface area (Å²) in [5.74, 6) is 1.04. The van der Waals surface area contributed by atoms with Crippen LogP contribution < -0.4 is 15.6 Å². The van der Waals surface area contributed by atoms with Crippen molar-refractivity contribution < 1.29 is 4.74 Å². The molecule has 0 unspecified atom stereocenters. The third kappa shape index (κ3) is 2.73. The number of nitrogens with one attached hydrogen (secondary N) is 2. The molecule has 0 radical (unpaired) electrons. The van der Waals surface area contributed by atoms with Gasteiger partial charge in [-0.25, -0.2) is 9.97 Å². The van der Waals surface area contributed by atoms with Crippen molar-refractivity contribution >= 4 is 22.8 Å². The van der Waals surface area contributed by atoms with E-state index in [4.69, 9.17) is 4.74 Å². The van der Waals surface area contributed by atoms with E-state index in [1.807, 2.05) is 26.0 Å². The molecule has 7 nitrogen and oxygen atoms in total. The van der Waals surface area contributed by atoms with Gasteiger partial charge in [0.1, 0.15) is 0 Å². The zero-order valence-corrected chi connectivity index (χ0v) is 12.5. The van der Waals surface area contributed by atoms with Gasteiger partial charge in [0.05, 0.1) is 18.0 Å². The van der Waals surface area contributed by atoms with Crippen molar-refractivity contribution in [3.05, 3.63) is 45.9 Å². The summed E-state index contributed by atoms with van der Waals surface area (Å²) < 4.78 is 5.10. The van der Waals surface area contributed by atoms with E-state index in [2.05, 4.69) is 25.3 Å². The van der Waals surface area contributed by atoms with E-state index in [-0.39, 0.29) is 11.5 Å². The highest BCUT2D eigenvalue weighted by atomic mass is 16.5. The topological polar surface area (TPSA) is 92.8 Å². The Morgan fingerprint density at radius 2 is 1.95 bits per heavy atom. The molecule has 7 heteroatoms. The van der Waals surface area contributed by atoms with Gasteiger partial charge in [0.15, 0.2) is 0 Å². The first-order valence-electron chi connectivity index (χ1n) is 6.72. The smallest absolute Gasteiger partial charge is 0.260 e. The molecule has 0 saturated heterocycles. The zero-order chi connectivity index (χ0) is 15.7. The molecule has 3 aromatic rings. The number of rotatable bonds is 3. The average molecular weight is 297 g/mol. The summed E-state index contributed by atoms with van der Waals surface area (Å²) in [7, 11) is 1.53. The fourth-order valence-electron chi connectivity index (χ4n) is 2.12. The first-order valence-corrected chi connectivity index (χ1v) is 6.72. The van der Waals surface area contributed by atoms with Gasteiger partial charge < -0.3 is 4.74 Å². The second-order valence-corrected chi connectivity index (χ2v) is 4.94. The molecule has 112 valence electrons. The molecular weight excluding hydrogens is 282 g/mol. The van der Waals surface area contributed by atoms with Gasteiger partial charge in [0.25, 0.3) is 5.56 Å². The molecule has 22 heavy (non-hydrogen) atoms. The molecular formula is C15H15N5O2. The molecule has 2 aromatic heterocycles. The van der Waals surface area contributed by atoms with Crippen LogP contribution in [0.1, 0.15) is 11.3 Å². The van der Waals surface area contributed by atoms with Crippen LogP contribution in [-0.2, 0) is 0 Å². The van der Waals surface area contributed by atoms with E-state index >= 15 is 0 Å². The fraction of sp³-hybridized carbons (Fsp3) is 0.200. The number of aromatic nitrogens is 4. The highest BCUT2D eigenvalue weighted by Gasteiger charge is 2.07. The first kappa shape index (κ1) is 14.0. The van der Waals surface area contributed by atoms with Crippen LogP contribution in [0.4, 0.5) is 11.9 Å². The van der Waals surface area contributed by atoms with E-state index in [0.29, 0.717) is 22.7 Å². The van der Waals surface area contributed by atoms with E-state index in [9.17, 15) is 4.79 Å². The fourth-order valence-corrected chi connectivity index (χ4v) is 2.12. The van der Waals surface area contributed by atoms with Gasteiger partial charge in [-0.15, -0.1) is 0 Å². The number of hydrogen-bond donors (Lipinski definition) is 2. The Kier molecular flexibility index (Phi) is 3.46. The van der Waals surface area contributed by atoms with Gasteiger partial charge in [-0.05, 0) is 26.0 Å². The third-order valence-corrected chi connectivity index (χ3v) is 3.13. The van der Waals surface area contributed by atoms with Crippen LogP contribution in [0.15, 0.2) is 29.1 Å². The Morgan fingerprint density at radius 1 is 1.14 bits per heavy atom.